The van der Waals surface area contributed by atoms with Gasteiger partial charge in [0.15, 0.2) is 0 Å². The van der Waals surface area contributed by atoms with E-state index in [9.17, 15) is 19.5 Å². The number of aliphatic hydroxyl groups is 1. The molecule has 33 heavy (non-hydrogen) atoms. The molecule has 192 valence electrons. The number of nitrogens with one attached hydrogen (secondary N) is 1. The van der Waals surface area contributed by atoms with Crippen molar-refractivity contribution in [1.29, 1.82) is 0 Å². The average molecular weight is 489 g/mol. The average Bonchev–Trinajstić information content (AvgIpc) is 2.78. The van der Waals surface area contributed by atoms with Crippen LogP contribution in [-0.2, 0) is 14.4 Å². The van der Waals surface area contributed by atoms with Crippen molar-refractivity contribution in [1.82, 2.24) is 5.32 Å². The van der Waals surface area contributed by atoms with Gasteiger partial charge in [0.05, 0.1) is 12.1 Å². The number of aliphatic carboxylic acids is 2. The van der Waals surface area contributed by atoms with Crippen molar-refractivity contribution in [3.05, 3.63) is 12.2 Å². The molecule has 0 aromatic rings. The van der Waals surface area contributed by atoms with Crippen molar-refractivity contribution in [2.24, 2.45) is 5.73 Å². The summed E-state index contributed by atoms with van der Waals surface area (Å²) in [5.74, 6) is -2.52. The highest BCUT2D eigenvalue weighted by Crippen LogP contribution is 2.21. The summed E-state index contributed by atoms with van der Waals surface area (Å²) in [6, 6.07) is -0.918. The van der Waals surface area contributed by atoms with E-state index >= 15 is 0 Å². The Labute approximate surface area is 202 Å². The zero-order valence-corrected chi connectivity index (χ0v) is 20.9. The molecule has 0 aliphatic rings. The highest BCUT2D eigenvalue weighted by molar-refractivity contribution is 8.00. The molecule has 0 heterocycles. The van der Waals surface area contributed by atoms with Crippen molar-refractivity contribution in [2.75, 3.05) is 12.3 Å². The second kappa shape index (κ2) is 21.0. The van der Waals surface area contributed by atoms with Crippen LogP contribution in [0.5, 0.6) is 0 Å². The smallest absolute Gasteiger partial charge is 0.322 e. The summed E-state index contributed by atoms with van der Waals surface area (Å²) in [4.78, 5) is 33.2. The number of carbonyl (C=O) groups is 3. The van der Waals surface area contributed by atoms with E-state index in [4.69, 9.17) is 15.9 Å². The van der Waals surface area contributed by atoms with E-state index in [2.05, 4.69) is 12.2 Å². The fourth-order valence-electron chi connectivity index (χ4n) is 3.29. The molecule has 0 aromatic heterocycles. The number of allylic oxidation sites excluding steroid dienone is 1. The van der Waals surface area contributed by atoms with Crippen molar-refractivity contribution in [3.8, 4) is 0 Å². The van der Waals surface area contributed by atoms with Gasteiger partial charge in [0.25, 0.3) is 0 Å². The van der Waals surface area contributed by atoms with Crippen LogP contribution in [0.25, 0.3) is 0 Å². The Morgan fingerprint density at radius 1 is 0.939 bits per heavy atom. The molecule has 0 aromatic carbocycles. The third-order valence-corrected chi connectivity index (χ3v) is 6.71. The van der Waals surface area contributed by atoms with Crippen LogP contribution in [-0.4, -0.2) is 62.9 Å². The van der Waals surface area contributed by atoms with E-state index in [1.807, 2.05) is 12.2 Å². The number of hydrogen-bond donors (Lipinski definition) is 5. The van der Waals surface area contributed by atoms with Crippen LogP contribution >= 0.6 is 11.8 Å². The lowest BCUT2D eigenvalue weighted by Crippen LogP contribution is -2.44. The monoisotopic (exact) mass is 488 g/mol. The second-order valence-corrected chi connectivity index (χ2v) is 9.63. The van der Waals surface area contributed by atoms with Gasteiger partial charge in [-0.1, -0.05) is 76.9 Å². The quantitative estimate of drug-likeness (QED) is 0.114. The van der Waals surface area contributed by atoms with Gasteiger partial charge in [-0.15, -0.1) is 11.8 Å². The van der Waals surface area contributed by atoms with Crippen LogP contribution in [0.15, 0.2) is 12.2 Å². The van der Waals surface area contributed by atoms with Crippen LogP contribution in [0, 0.1) is 0 Å². The molecule has 0 spiro atoms. The number of thioether (sulfide) groups is 1. The first-order valence-corrected chi connectivity index (χ1v) is 13.3. The van der Waals surface area contributed by atoms with E-state index < -0.39 is 36.5 Å². The summed E-state index contributed by atoms with van der Waals surface area (Å²) in [5, 5.41) is 29.8. The number of nitrogens with two attached hydrogens (primary N) is 1. The minimum atomic E-state index is -1.15. The second-order valence-electron chi connectivity index (χ2n) is 8.41. The van der Waals surface area contributed by atoms with E-state index in [1.165, 1.54) is 63.1 Å². The molecule has 0 unspecified atom stereocenters. The lowest BCUT2D eigenvalue weighted by Gasteiger charge is -2.21. The molecular weight excluding hydrogens is 444 g/mol. The van der Waals surface area contributed by atoms with Gasteiger partial charge in [0.1, 0.15) is 6.54 Å². The van der Waals surface area contributed by atoms with Crippen LogP contribution in [0.4, 0.5) is 0 Å². The van der Waals surface area contributed by atoms with Crippen molar-refractivity contribution in [3.63, 3.8) is 0 Å². The Morgan fingerprint density at radius 3 is 2.06 bits per heavy atom. The van der Waals surface area contributed by atoms with Gasteiger partial charge in [0, 0.05) is 17.4 Å². The lowest BCUT2D eigenvalue weighted by atomic mass is 10.1. The SMILES string of the molecule is CCCCCCCCCCCC/C=C\[C@H](SC[C@H](N)C(=O)NCC(=O)O)[C@H](O)CCC(=O)O. The summed E-state index contributed by atoms with van der Waals surface area (Å²) in [6.07, 6.45) is 16.5. The summed E-state index contributed by atoms with van der Waals surface area (Å²) in [5.41, 5.74) is 5.82. The number of aliphatic hydroxyl groups excluding tert-OH is 1. The summed E-state index contributed by atoms with van der Waals surface area (Å²) >= 11 is 1.27. The van der Waals surface area contributed by atoms with Gasteiger partial charge in [-0.05, 0) is 19.3 Å². The summed E-state index contributed by atoms with van der Waals surface area (Å²) in [7, 11) is 0. The molecular formula is C24H44N2O6S. The molecule has 0 radical (unpaired) electrons. The number of carboxylic acids is 2. The normalized spacial score (nSPS) is 14.2. The van der Waals surface area contributed by atoms with Crippen molar-refractivity contribution >= 4 is 29.6 Å². The highest BCUT2D eigenvalue weighted by Gasteiger charge is 2.21. The predicted octanol–water partition coefficient (Wildman–Crippen LogP) is 3.71. The standard InChI is InChI=1S/C24H44N2O6S/c1-2-3-4-5-6-7-8-9-10-11-12-13-14-21(20(27)15-16-22(28)29)33-18-19(25)24(32)26-17-23(30)31/h13-14,19-21,27H,2-12,15-18,25H2,1H3,(H,26,32)(H,28,29)(H,30,31)/b14-13-/t19-,20+,21-/m0/s1. The Balaban J connectivity index is 4.32. The van der Waals surface area contributed by atoms with Gasteiger partial charge in [0.2, 0.25) is 5.91 Å². The molecule has 1 amide bonds. The summed E-state index contributed by atoms with van der Waals surface area (Å²) in [6.45, 7) is 1.73. The fraction of sp³-hybridized carbons (Fsp3) is 0.792. The molecule has 0 bridgehead atoms. The highest BCUT2D eigenvalue weighted by atomic mass is 32.2. The topological polar surface area (TPSA) is 150 Å². The number of amides is 1. The molecule has 0 saturated carbocycles. The van der Waals surface area contributed by atoms with Gasteiger partial charge in [-0.2, -0.15) is 0 Å². The third-order valence-electron chi connectivity index (χ3n) is 5.30. The lowest BCUT2D eigenvalue weighted by molar-refractivity contribution is -0.138. The number of rotatable bonds is 22. The minimum absolute atomic E-state index is 0.107. The molecule has 9 heteroatoms. The first-order valence-electron chi connectivity index (χ1n) is 12.2. The molecule has 0 rings (SSSR count). The number of unbranched alkanes of at least 4 members (excludes halogenated alkanes) is 10. The molecule has 8 nitrogen and oxygen atoms in total. The molecule has 0 fully saturated rings. The van der Waals surface area contributed by atoms with Crippen molar-refractivity contribution < 1.29 is 29.7 Å². The Bertz CT molecular complexity index is 573. The predicted molar refractivity (Wildman–Crippen MR) is 133 cm³/mol. The Hall–Kier alpha value is -1.58. The Kier molecular flexibility index (Phi) is 20.0. The van der Waals surface area contributed by atoms with E-state index in [0.29, 0.717) is 0 Å². The van der Waals surface area contributed by atoms with E-state index in [-0.39, 0.29) is 23.8 Å². The molecule has 0 saturated heterocycles. The van der Waals surface area contributed by atoms with Crippen LogP contribution in [0.3, 0.4) is 0 Å². The minimum Gasteiger partial charge on any atom is -0.481 e. The number of carboxylic acid groups (broad SMARTS) is 2. The fourth-order valence-corrected chi connectivity index (χ4v) is 4.46. The Morgan fingerprint density at radius 2 is 1.52 bits per heavy atom. The first-order chi connectivity index (χ1) is 15.8. The number of carbonyl (C=O) groups excluding carboxylic acids is 1. The van der Waals surface area contributed by atoms with E-state index in [1.54, 1.807) is 0 Å². The van der Waals surface area contributed by atoms with Gasteiger partial charge in [-0.25, -0.2) is 0 Å². The zero-order chi connectivity index (χ0) is 24.9. The van der Waals surface area contributed by atoms with Gasteiger partial charge >= 0.3 is 11.9 Å². The maximum Gasteiger partial charge on any atom is 0.322 e. The third kappa shape index (κ3) is 19.6. The molecule has 0 aliphatic carbocycles. The van der Waals surface area contributed by atoms with Crippen LogP contribution in [0.1, 0.15) is 90.4 Å². The maximum atomic E-state index is 11.8. The first kappa shape index (κ1) is 31.4. The molecule has 6 N–H and O–H groups in total. The molecule has 0 aliphatic heterocycles. The number of hydrogen-bond acceptors (Lipinski definition) is 6. The van der Waals surface area contributed by atoms with Crippen LogP contribution < -0.4 is 11.1 Å². The zero-order valence-electron chi connectivity index (χ0n) is 20.0. The molecule has 3 atom stereocenters. The largest absolute Gasteiger partial charge is 0.481 e. The maximum absolute atomic E-state index is 11.8. The van der Waals surface area contributed by atoms with Crippen LogP contribution in [0.2, 0.25) is 0 Å². The van der Waals surface area contributed by atoms with Gasteiger partial charge in [-0.3, -0.25) is 14.4 Å². The van der Waals surface area contributed by atoms with Crippen molar-refractivity contribution in [2.45, 2.75) is 108 Å². The van der Waals surface area contributed by atoms with E-state index in [0.717, 1.165) is 19.3 Å². The van der Waals surface area contributed by atoms with Gasteiger partial charge < -0.3 is 26.4 Å². The summed E-state index contributed by atoms with van der Waals surface area (Å²) < 4.78 is 0.